The lowest BCUT2D eigenvalue weighted by Gasteiger charge is -2.32. The molecule has 1 heterocycles. The van der Waals surface area contributed by atoms with E-state index in [0.717, 1.165) is 30.3 Å². The summed E-state index contributed by atoms with van der Waals surface area (Å²) in [4.78, 5) is 27.2. The maximum Gasteiger partial charge on any atom is 0.321 e. The van der Waals surface area contributed by atoms with E-state index in [1.54, 1.807) is 29.2 Å². The standard InChI is InChI=1S/C22H27N3O4S/c1-16(17-10-12-20(13-11-17)30(2,28)29)23-21(26)18-7-6-14-25(15-18)22(27)24-19-8-4-3-5-9-19/h3-5,8-13,16,18H,6-7,14-15H2,1-2H3,(H,23,26)(H,24,27)/t16-,18-/m0/s1. The highest BCUT2D eigenvalue weighted by Gasteiger charge is 2.29. The van der Waals surface area contributed by atoms with Gasteiger partial charge in [-0.2, -0.15) is 0 Å². The van der Waals surface area contributed by atoms with Gasteiger partial charge in [0.05, 0.1) is 16.9 Å². The third-order valence-corrected chi connectivity index (χ3v) is 6.40. The molecule has 1 aliphatic rings. The molecule has 3 amide bonds. The van der Waals surface area contributed by atoms with Crippen LogP contribution in [0.4, 0.5) is 10.5 Å². The zero-order valence-corrected chi connectivity index (χ0v) is 18.0. The summed E-state index contributed by atoms with van der Waals surface area (Å²) >= 11 is 0. The molecule has 0 saturated carbocycles. The molecule has 8 heteroatoms. The first-order valence-corrected chi connectivity index (χ1v) is 11.8. The van der Waals surface area contributed by atoms with E-state index in [2.05, 4.69) is 10.6 Å². The largest absolute Gasteiger partial charge is 0.349 e. The average molecular weight is 430 g/mol. The number of carbonyl (C=O) groups is 2. The molecule has 2 aromatic carbocycles. The minimum absolute atomic E-state index is 0.105. The van der Waals surface area contributed by atoms with Crippen molar-refractivity contribution in [2.45, 2.75) is 30.7 Å². The number of hydrogen-bond acceptors (Lipinski definition) is 4. The van der Waals surface area contributed by atoms with E-state index >= 15 is 0 Å². The molecule has 2 atom stereocenters. The first-order chi connectivity index (χ1) is 14.2. The summed E-state index contributed by atoms with van der Waals surface area (Å²) in [6.45, 7) is 2.84. The molecule has 0 radical (unpaired) electrons. The Labute approximate surface area is 177 Å². The summed E-state index contributed by atoms with van der Waals surface area (Å²) < 4.78 is 23.2. The molecule has 1 fully saturated rings. The Kier molecular flexibility index (Phi) is 6.77. The molecule has 0 aromatic heterocycles. The van der Waals surface area contributed by atoms with Crippen molar-refractivity contribution >= 4 is 27.5 Å². The van der Waals surface area contributed by atoms with Crippen LogP contribution >= 0.6 is 0 Å². The molecule has 1 aliphatic heterocycles. The second-order valence-corrected chi connectivity index (χ2v) is 9.67. The quantitative estimate of drug-likeness (QED) is 0.763. The maximum atomic E-state index is 12.8. The minimum Gasteiger partial charge on any atom is -0.349 e. The minimum atomic E-state index is -3.25. The number of urea groups is 1. The third kappa shape index (κ3) is 5.60. The number of nitrogens with zero attached hydrogens (tertiary/aromatic N) is 1. The van der Waals surface area contributed by atoms with Gasteiger partial charge in [-0.1, -0.05) is 30.3 Å². The monoisotopic (exact) mass is 429 g/mol. The van der Waals surface area contributed by atoms with Gasteiger partial charge in [-0.15, -0.1) is 0 Å². The van der Waals surface area contributed by atoms with Gasteiger partial charge in [0.2, 0.25) is 5.91 Å². The van der Waals surface area contributed by atoms with Crippen LogP contribution in [0.15, 0.2) is 59.5 Å². The number of carbonyl (C=O) groups excluding carboxylic acids is 2. The Balaban J connectivity index is 1.57. The summed E-state index contributed by atoms with van der Waals surface area (Å²) in [5, 5.41) is 5.85. The molecule has 30 heavy (non-hydrogen) atoms. The van der Waals surface area contributed by atoms with Crippen LogP contribution in [0.3, 0.4) is 0 Å². The second-order valence-electron chi connectivity index (χ2n) is 7.65. The van der Waals surface area contributed by atoms with E-state index in [1.807, 2.05) is 37.3 Å². The van der Waals surface area contributed by atoms with Gasteiger partial charge < -0.3 is 15.5 Å². The number of anilines is 1. The van der Waals surface area contributed by atoms with Crippen molar-refractivity contribution in [1.82, 2.24) is 10.2 Å². The van der Waals surface area contributed by atoms with Crippen molar-refractivity contribution in [1.29, 1.82) is 0 Å². The van der Waals surface area contributed by atoms with E-state index < -0.39 is 9.84 Å². The molecular formula is C22H27N3O4S. The summed E-state index contributed by atoms with van der Waals surface area (Å²) in [5.74, 6) is -0.384. The van der Waals surface area contributed by atoms with E-state index in [4.69, 9.17) is 0 Å². The fourth-order valence-electron chi connectivity index (χ4n) is 3.52. The number of benzene rings is 2. The molecule has 3 rings (SSSR count). The van der Waals surface area contributed by atoms with Gasteiger partial charge in [-0.25, -0.2) is 13.2 Å². The summed E-state index contributed by atoms with van der Waals surface area (Å²) in [7, 11) is -3.25. The number of rotatable bonds is 5. The van der Waals surface area contributed by atoms with Crippen LogP contribution in [-0.4, -0.2) is 44.6 Å². The predicted molar refractivity (Wildman–Crippen MR) is 116 cm³/mol. The van der Waals surface area contributed by atoms with Gasteiger partial charge in [0.25, 0.3) is 0 Å². The van der Waals surface area contributed by atoms with Crippen molar-refractivity contribution in [3.8, 4) is 0 Å². The summed E-state index contributed by atoms with van der Waals surface area (Å²) in [6, 6.07) is 15.3. The molecule has 0 unspecified atom stereocenters. The van der Waals surface area contributed by atoms with E-state index in [0.29, 0.717) is 13.1 Å². The molecule has 0 spiro atoms. The number of likely N-dealkylation sites (tertiary alicyclic amines) is 1. The third-order valence-electron chi connectivity index (χ3n) is 5.27. The zero-order chi connectivity index (χ0) is 21.7. The number of hydrogen-bond donors (Lipinski definition) is 2. The Hall–Kier alpha value is -2.87. The number of amides is 3. The lowest BCUT2D eigenvalue weighted by molar-refractivity contribution is -0.126. The van der Waals surface area contributed by atoms with Gasteiger partial charge in [0.1, 0.15) is 0 Å². The Morgan fingerprint density at radius 1 is 1.07 bits per heavy atom. The lowest BCUT2D eigenvalue weighted by Crippen LogP contribution is -2.47. The Bertz CT molecular complexity index is 991. The lowest BCUT2D eigenvalue weighted by atomic mass is 9.96. The van der Waals surface area contributed by atoms with Crippen molar-refractivity contribution in [3.05, 3.63) is 60.2 Å². The van der Waals surface area contributed by atoms with Gasteiger partial charge in [0, 0.05) is 25.0 Å². The van der Waals surface area contributed by atoms with Gasteiger partial charge in [-0.3, -0.25) is 4.79 Å². The highest BCUT2D eigenvalue weighted by Crippen LogP contribution is 2.21. The molecule has 2 aromatic rings. The molecular weight excluding hydrogens is 402 g/mol. The fraction of sp³-hybridized carbons (Fsp3) is 0.364. The van der Waals surface area contributed by atoms with Crippen LogP contribution < -0.4 is 10.6 Å². The highest BCUT2D eigenvalue weighted by atomic mass is 32.2. The molecule has 0 aliphatic carbocycles. The SMILES string of the molecule is C[C@H](NC(=O)[C@H]1CCCN(C(=O)Nc2ccccc2)C1)c1ccc(S(C)(=O)=O)cc1. The van der Waals surface area contributed by atoms with Crippen LogP contribution in [0.25, 0.3) is 0 Å². The van der Waals surface area contributed by atoms with Gasteiger partial charge in [0.15, 0.2) is 9.84 Å². The number of piperidine rings is 1. The van der Waals surface area contributed by atoms with Crippen LogP contribution in [0.2, 0.25) is 0 Å². The van der Waals surface area contributed by atoms with Gasteiger partial charge >= 0.3 is 6.03 Å². The normalized spacial score (nSPS) is 17.8. The molecule has 1 saturated heterocycles. The Morgan fingerprint density at radius 2 is 1.73 bits per heavy atom. The molecule has 0 bridgehead atoms. The highest BCUT2D eigenvalue weighted by molar-refractivity contribution is 7.90. The summed E-state index contributed by atoms with van der Waals surface area (Å²) in [6.07, 6.45) is 2.65. The maximum absolute atomic E-state index is 12.8. The molecule has 7 nitrogen and oxygen atoms in total. The Morgan fingerprint density at radius 3 is 2.37 bits per heavy atom. The topological polar surface area (TPSA) is 95.6 Å². The van der Waals surface area contributed by atoms with Crippen molar-refractivity contribution < 1.29 is 18.0 Å². The number of nitrogens with one attached hydrogen (secondary N) is 2. The molecule has 160 valence electrons. The van der Waals surface area contributed by atoms with Crippen LogP contribution in [0.5, 0.6) is 0 Å². The number of sulfone groups is 1. The van der Waals surface area contributed by atoms with Crippen molar-refractivity contribution in [2.75, 3.05) is 24.7 Å². The first-order valence-electron chi connectivity index (χ1n) is 9.95. The van der Waals surface area contributed by atoms with Crippen LogP contribution in [0.1, 0.15) is 31.4 Å². The molecule has 2 N–H and O–H groups in total. The van der Waals surface area contributed by atoms with Crippen molar-refractivity contribution in [2.24, 2.45) is 5.92 Å². The van der Waals surface area contributed by atoms with Gasteiger partial charge in [-0.05, 0) is 49.6 Å². The fourth-order valence-corrected chi connectivity index (χ4v) is 4.15. The zero-order valence-electron chi connectivity index (χ0n) is 17.2. The summed E-state index contributed by atoms with van der Waals surface area (Å²) in [5.41, 5.74) is 1.55. The first kappa shape index (κ1) is 21.8. The van der Waals surface area contributed by atoms with Crippen LogP contribution in [-0.2, 0) is 14.6 Å². The smallest absolute Gasteiger partial charge is 0.321 e. The van der Waals surface area contributed by atoms with Crippen LogP contribution in [0, 0.1) is 5.92 Å². The average Bonchev–Trinajstić information content (AvgIpc) is 2.74. The second kappa shape index (κ2) is 9.30. The predicted octanol–water partition coefficient (Wildman–Crippen LogP) is 3.21. The van der Waals surface area contributed by atoms with E-state index in [1.165, 1.54) is 0 Å². The van der Waals surface area contributed by atoms with E-state index in [9.17, 15) is 18.0 Å². The van der Waals surface area contributed by atoms with Crippen molar-refractivity contribution in [3.63, 3.8) is 0 Å². The number of para-hydroxylation sites is 1. The van der Waals surface area contributed by atoms with E-state index in [-0.39, 0.29) is 28.8 Å².